The Balaban J connectivity index is 2.08. The van der Waals surface area contributed by atoms with Crippen LogP contribution >= 0.6 is 0 Å². The van der Waals surface area contributed by atoms with Crippen LogP contribution in [0.5, 0.6) is 28.7 Å². The Morgan fingerprint density at radius 1 is 0.579 bits per heavy atom. The van der Waals surface area contributed by atoms with Gasteiger partial charge in [-0.3, -0.25) is 43.2 Å². The highest BCUT2D eigenvalue weighted by molar-refractivity contribution is 5.91. The first-order valence-corrected chi connectivity index (χ1v) is 16.7. The molecule has 5 atom stereocenters. The van der Waals surface area contributed by atoms with E-state index in [1.54, 1.807) is 0 Å². The van der Waals surface area contributed by atoms with Crippen LogP contribution in [-0.4, -0.2) is 85.1 Å². The first-order valence-electron chi connectivity index (χ1n) is 16.7. The van der Waals surface area contributed by atoms with Crippen LogP contribution in [-0.2, 0) is 62.0 Å². The smallest absolute Gasteiger partial charge is 0.308 e. The maximum absolute atomic E-state index is 14.7. The second kappa shape index (κ2) is 18.2. The maximum atomic E-state index is 14.7. The molecule has 1 aliphatic rings. The van der Waals surface area contributed by atoms with Crippen molar-refractivity contribution in [1.29, 1.82) is 0 Å². The van der Waals surface area contributed by atoms with Crippen LogP contribution in [0.3, 0.4) is 0 Å². The van der Waals surface area contributed by atoms with E-state index in [0.29, 0.717) is 0 Å². The minimum absolute atomic E-state index is 0.103. The van der Waals surface area contributed by atoms with Crippen molar-refractivity contribution >= 4 is 58.7 Å². The van der Waals surface area contributed by atoms with Crippen LogP contribution in [0, 0.1) is 0 Å². The van der Waals surface area contributed by atoms with Crippen LogP contribution in [0.1, 0.15) is 55.4 Å². The molecule has 2 aromatic carbocycles. The normalized spacial score (nSPS) is 18.6. The van der Waals surface area contributed by atoms with E-state index in [-0.39, 0.29) is 28.4 Å². The number of rotatable bonds is 12. The summed E-state index contributed by atoms with van der Waals surface area (Å²) in [5.41, 5.74) is -1.55. The number of ether oxygens (including phenoxy) is 10. The van der Waals surface area contributed by atoms with Gasteiger partial charge < -0.3 is 51.8 Å². The average molecular weight is 801 g/mol. The van der Waals surface area contributed by atoms with Crippen molar-refractivity contribution in [2.45, 2.75) is 86.1 Å². The molecule has 3 aromatic rings. The van der Waals surface area contributed by atoms with Gasteiger partial charge in [0.1, 0.15) is 35.2 Å². The summed E-state index contributed by atoms with van der Waals surface area (Å²) < 4.78 is 60.7. The standard InChI is InChI=1S/C37H36O20/c1-15(38)47-14-29-33(52-20(6)43)35(53-21(7)44)36(54-22(8)45)37(56-29)57-34-31(46)30-27(51-19(5)42)12-24(48-16(2)39)13-28(30)55-32(34)23-9-10-25(49-17(3)40)26(11-23)50-18(4)41/h9-13,29,33,35-37H,14H2,1-8H3/t29-,33+,35+,36-,37+/m1/s1. The van der Waals surface area contributed by atoms with Crippen molar-refractivity contribution in [3.63, 3.8) is 0 Å². The highest BCUT2D eigenvalue weighted by Crippen LogP contribution is 2.41. The summed E-state index contributed by atoms with van der Waals surface area (Å²) >= 11 is 0. The van der Waals surface area contributed by atoms with Gasteiger partial charge in [0.15, 0.2) is 29.5 Å². The fraction of sp³-hybridized carbons (Fsp3) is 0.378. The highest BCUT2D eigenvalue weighted by atomic mass is 16.7. The van der Waals surface area contributed by atoms with Crippen molar-refractivity contribution in [3.8, 4) is 40.1 Å². The second-order valence-corrected chi connectivity index (χ2v) is 12.1. The van der Waals surface area contributed by atoms with E-state index in [2.05, 4.69) is 0 Å². The number of hydrogen-bond donors (Lipinski definition) is 0. The molecule has 4 rings (SSSR count). The zero-order chi connectivity index (χ0) is 42.3. The molecule has 0 radical (unpaired) electrons. The Morgan fingerprint density at radius 2 is 1.12 bits per heavy atom. The topological polar surface area (TPSA) is 259 Å². The number of esters is 8. The van der Waals surface area contributed by atoms with Gasteiger partial charge in [0.2, 0.25) is 23.6 Å². The predicted molar refractivity (Wildman–Crippen MR) is 186 cm³/mol. The molecule has 1 aliphatic heterocycles. The number of carbonyl (C=O) groups is 8. The van der Waals surface area contributed by atoms with Crippen LogP contribution in [0.4, 0.5) is 0 Å². The van der Waals surface area contributed by atoms with Crippen LogP contribution in [0.25, 0.3) is 22.3 Å². The van der Waals surface area contributed by atoms with E-state index < -0.39 is 113 Å². The Bertz CT molecular complexity index is 2180. The second-order valence-electron chi connectivity index (χ2n) is 12.1. The lowest BCUT2D eigenvalue weighted by Gasteiger charge is -2.43. The molecular formula is C37H36O20. The summed E-state index contributed by atoms with van der Waals surface area (Å²) in [5, 5.41) is -0.456. The molecule has 0 bridgehead atoms. The van der Waals surface area contributed by atoms with Crippen molar-refractivity contribution < 1.29 is 90.1 Å². The highest BCUT2D eigenvalue weighted by Gasteiger charge is 2.54. The summed E-state index contributed by atoms with van der Waals surface area (Å²) in [6, 6.07) is 5.75. The molecule has 1 aromatic heterocycles. The molecular weight excluding hydrogens is 764 g/mol. The number of carbonyl (C=O) groups excluding carboxylic acids is 8. The molecule has 0 saturated carbocycles. The third-order valence-corrected chi connectivity index (χ3v) is 7.30. The molecule has 0 spiro atoms. The molecule has 304 valence electrons. The van der Waals surface area contributed by atoms with Gasteiger partial charge in [-0.15, -0.1) is 0 Å². The van der Waals surface area contributed by atoms with Crippen molar-refractivity contribution in [2.24, 2.45) is 0 Å². The molecule has 20 nitrogen and oxygen atoms in total. The molecule has 2 heterocycles. The van der Waals surface area contributed by atoms with Crippen LogP contribution in [0.2, 0.25) is 0 Å². The van der Waals surface area contributed by atoms with Gasteiger partial charge in [0, 0.05) is 73.1 Å². The number of hydrogen-bond acceptors (Lipinski definition) is 20. The van der Waals surface area contributed by atoms with E-state index >= 15 is 0 Å². The van der Waals surface area contributed by atoms with Gasteiger partial charge >= 0.3 is 47.8 Å². The Hall–Kier alpha value is -6.83. The van der Waals surface area contributed by atoms with E-state index in [9.17, 15) is 43.2 Å². The SMILES string of the molecule is CC(=O)OC[C@H]1O[C@@H](Oc2c(-c3ccc(OC(C)=O)c(OC(C)=O)c3)oc3cc(OC(C)=O)cc(OC(C)=O)c3c2=O)[C@H](OC(C)=O)[C@@H](OC(C)=O)[C@H]1OC(C)=O. The molecule has 0 N–H and O–H groups in total. The molecule has 1 fully saturated rings. The quantitative estimate of drug-likeness (QED) is 0.145. The van der Waals surface area contributed by atoms with E-state index in [1.807, 2.05) is 0 Å². The van der Waals surface area contributed by atoms with Crippen molar-refractivity contribution in [1.82, 2.24) is 0 Å². The van der Waals surface area contributed by atoms with E-state index in [1.165, 1.54) is 12.1 Å². The van der Waals surface area contributed by atoms with E-state index in [0.717, 1.165) is 73.6 Å². The van der Waals surface area contributed by atoms with Gasteiger partial charge in [-0.05, 0) is 18.2 Å². The van der Waals surface area contributed by atoms with Gasteiger partial charge in [0.05, 0.1) is 0 Å². The third-order valence-electron chi connectivity index (χ3n) is 7.30. The molecule has 57 heavy (non-hydrogen) atoms. The van der Waals surface area contributed by atoms with Crippen LogP contribution in [0.15, 0.2) is 39.5 Å². The van der Waals surface area contributed by atoms with Crippen molar-refractivity contribution in [2.75, 3.05) is 6.61 Å². The first-order chi connectivity index (χ1) is 26.7. The zero-order valence-corrected chi connectivity index (χ0v) is 31.6. The monoisotopic (exact) mass is 800 g/mol. The molecule has 0 unspecified atom stereocenters. The predicted octanol–water partition coefficient (Wildman–Crippen LogP) is 2.62. The minimum Gasteiger partial charge on any atom is -0.463 e. The summed E-state index contributed by atoms with van der Waals surface area (Å²) in [5.74, 6) is -9.46. The molecule has 0 amide bonds. The lowest BCUT2D eigenvalue weighted by molar-refractivity contribution is -0.288. The first kappa shape index (κ1) is 42.9. The average Bonchev–Trinajstić information content (AvgIpc) is 3.06. The van der Waals surface area contributed by atoms with Gasteiger partial charge in [-0.25, -0.2) is 0 Å². The molecule has 0 aliphatic carbocycles. The molecule has 20 heteroatoms. The molecule has 1 saturated heterocycles. The lowest BCUT2D eigenvalue weighted by Crippen LogP contribution is -2.63. The number of fused-ring (bicyclic) bond motifs is 1. The van der Waals surface area contributed by atoms with Crippen LogP contribution < -0.4 is 29.1 Å². The van der Waals surface area contributed by atoms with Crippen molar-refractivity contribution in [3.05, 3.63) is 40.6 Å². The lowest BCUT2D eigenvalue weighted by atomic mass is 9.98. The Morgan fingerprint density at radius 3 is 1.68 bits per heavy atom. The summed E-state index contributed by atoms with van der Waals surface area (Å²) in [6.45, 7) is 7.69. The van der Waals surface area contributed by atoms with Gasteiger partial charge in [-0.1, -0.05) is 0 Å². The fourth-order valence-corrected chi connectivity index (χ4v) is 5.52. The van der Waals surface area contributed by atoms with Gasteiger partial charge in [0.25, 0.3) is 0 Å². The summed E-state index contributed by atoms with van der Waals surface area (Å²) in [4.78, 5) is 112. The summed E-state index contributed by atoms with van der Waals surface area (Å²) in [6.07, 6.45) is -8.61. The Labute approximate surface area is 322 Å². The maximum Gasteiger partial charge on any atom is 0.308 e. The number of benzene rings is 2. The minimum atomic E-state index is -1.98. The van der Waals surface area contributed by atoms with Gasteiger partial charge in [-0.2, -0.15) is 0 Å². The Kier molecular flexibility index (Phi) is 13.7. The fourth-order valence-electron chi connectivity index (χ4n) is 5.52. The summed E-state index contributed by atoms with van der Waals surface area (Å²) in [7, 11) is 0. The van der Waals surface area contributed by atoms with E-state index in [4.69, 9.17) is 51.8 Å². The largest absolute Gasteiger partial charge is 0.463 e. The zero-order valence-electron chi connectivity index (χ0n) is 31.6. The third kappa shape index (κ3) is 11.1.